The van der Waals surface area contributed by atoms with Crippen LogP contribution in [0.5, 0.6) is 0 Å². The standard InChI is InChI=1S/C19H21BrN4O2/c1-11-4-5-13(12(2)6-11)9-24(3)10-18(25)21-15-8-17-16(7-14(15)20)22-19(26)23-17/h4-8H,9-10H2,1-3H3,(H,21,25)(H2,22,23,26)/p+1. The number of rotatable bonds is 5. The Morgan fingerprint density at radius 2 is 1.85 bits per heavy atom. The van der Waals surface area contributed by atoms with Gasteiger partial charge in [-0.3, -0.25) is 4.79 Å². The maximum absolute atomic E-state index is 12.4. The lowest BCUT2D eigenvalue weighted by atomic mass is 10.1. The Morgan fingerprint density at radius 3 is 2.54 bits per heavy atom. The van der Waals surface area contributed by atoms with E-state index in [1.54, 1.807) is 12.1 Å². The SMILES string of the molecule is Cc1ccc(C[NH+](C)CC(=O)Nc2cc3[nH]c(=O)[nH]c3cc2Br)c(C)c1. The highest BCUT2D eigenvalue weighted by Gasteiger charge is 2.14. The zero-order chi connectivity index (χ0) is 18.8. The summed E-state index contributed by atoms with van der Waals surface area (Å²) in [7, 11) is 2.00. The molecule has 0 spiro atoms. The van der Waals surface area contributed by atoms with Crippen molar-refractivity contribution in [3.05, 3.63) is 62.0 Å². The number of fused-ring (bicyclic) bond motifs is 1. The first kappa shape index (κ1) is 18.4. The topological polar surface area (TPSA) is 82.2 Å². The summed E-state index contributed by atoms with van der Waals surface area (Å²) in [5.41, 5.74) is 5.44. The lowest BCUT2D eigenvalue weighted by Crippen LogP contribution is -3.08. The Balaban J connectivity index is 1.66. The molecular formula is C19H22BrN4O2+. The van der Waals surface area contributed by atoms with Crippen molar-refractivity contribution in [1.29, 1.82) is 0 Å². The number of H-pyrrole nitrogens is 2. The Labute approximate surface area is 159 Å². The average Bonchev–Trinajstić information content (AvgIpc) is 2.89. The van der Waals surface area contributed by atoms with Crippen LogP contribution >= 0.6 is 15.9 Å². The molecule has 1 atom stereocenters. The number of likely N-dealkylation sites (N-methyl/N-ethyl adjacent to an activating group) is 1. The predicted octanol–water partition coefficient (Wildman–Crippen LogP) is 1.89. The summed E-state index contributed by atoms with van der Waals surface area (Å²) in [5.74, 6) is -0.0785. The monoisotopic (exact) mass is 417 g/mol. The number of amides is 1. The van der Waals surface area contributed by atoms with E-state index in [4.69, 9.17) is 0 Å². The Morgan fingerprint density at radius 1 is 1.15 bits per heavy atom. The molecule has 7 heteroatoms. The van der Waals surface area contributed by atoms with Crippen molar-refractivity contribution >= 4 is 38.6 Å². The van der Waals surface area contributed by atoms with Gasteiger partial charge in [0.2, 0.25) is 0 Å². The molecule has 6 nitrogen and oxygen atoms in total. The number of benzene rings is 2. The minimum atomic E-state index is -0.270. The van der Waals surface area contributed by atoms with Gasteiger partial charge in [-0.05, 0) is 47.5 Å². The van der Waals surface area contributed by atoms with Crippen molar-refractivity contribution in [3.8, 4) is 0 Å². The van der Waals surface area contributed by atoms with Crippen LogP contribution in [-0.4, -0.2) is 29.5 Å². The molecule has 1 unspecified atom stereocenters. The van der Waals surface area contributed by atoms with Crippen LogP contribution in [0, 0.1) is 13.8 Å². The Bertz CT molecular complexity index is 1020. The summed E-state index contributed by atoms with van der Waals surface area (Å²) < 4.78 is 0.723. The second-order valence-electron chi connectivity index (χ2n) is 6.75. The van der Waals surface area contributed by atoms with E-state index in [1.165, 1.54) is 16.7 Å². The van der Waals surface area contributed by atoms with Gasteiger partial charge in [0.25, 0.3) is 5.91 Å². The average molecular weight is 418 g/mol. The van der Waals surface area contributed by atoms with Crippen molar-refractivity contribution in [1.82, 2.24) is 9.97 Å². The summed E-state index contributed by atoms with van der Waals surface area (Å²) in [6.45, 7) is 5.30. The smallest absolute Gasteiger partial charge is 0.323 e. The second kappa shape index (κ2) is 7.47. The number of aromatic nitrogens is 2. The molecule has 0 aliphatic heterocycles. The van der Waals surface area contributed by atoms with Crippen molar-refractivity contribution < 1.29 is 9.69 Å². The van der Waals surface area contributed by atoms with Crippen LogP contribution in [0.1, 0.15) is 16.7 Å². The molecule has 0 aliphatic carbocycles. The van der Waals surface area contributed by atoms with Crippen LogP contribution in [0.25, 0.3) is 11.0 Å². The van der Waals surface area contributed by atoms with Gasteiger partial charge in [-0.1, -0.05) is 23.8 Å². The first-order valence-corrected chi connectivity index (χ1v) is 9.20. The van der Waals surface area contributed by atoms with E-state index < -0.39 is 0 Å². The van der Waals surface area contributed by atoms with Gasteiger partial charge >= 0.3 is 5.69 Å². The van der Waals surface area contributed by atoms with E-state index in [1.807, 2.05) is 7.05 Å². The van der Waals surface area contributed by atoms with Crippen LogP contribution < -0.4 is 15.9 Å². The number of carbonyl (C=O) groups is 1. The third-order valence-corrected chi connectivity index (χ3v) is 4.99. The second-order valence-corrected chi connectivity index (χ2v) is 7.60. The highest BCUT2D eigenvalue weighted by molar-refractivity contribution is 9.10. The Hall–Kier alpha value is -2.38. The number of anilines is 1. The number of nitrogens with one attached hydrogen (secondary N) is 4. The molecule has 0 fully saturated rings. The predicted molar refractivity (Wildman–Crippen MR) is 107 cm³/mol. The van der Waals surface area contributed by atoms with E-state index in [0.717, 1.165) is 15.9 Å². The van der Waals surface area contributed by atoms with Crippen LogP contribution in [0.3, 0.4) is 0 Å². The van der Waals surface area contributed by atoms with Gasteiger partial charge in [0.15, 0.2) is 6.54 Å². The zero-order valence-corrected chi connectivity index (χ0v) is 16.6. The quantitative estimate of drug-likeness (QED) is 0.511. The molecule has 136 valence electrons. The maximum atomic E-state index is 12.4. The summed E-state index contributed by atoms with van der Waals surface area (Å²) >= 11 is 3.43. The molecule has 1 amide bonds. The first-order valence-electron chi connectivity index (χ1n) is 8.40. The van der Waals surface area contributed by atoms with Gasteiger partial charge in [-0.25, -0.2) is 4.79 Å². The van der Waals surface area contributed by atoms with Crippen LogP contribution in [0.15, 0.2) is 39.6 Å². The summed E-state index contributed by atoms with van der Waals surface area (Å²) in [6, 6.07) is 9.90. The number of hydrogen-bond acceptors (Lipinski definition) is 2. The van der Waals surface area contributed by atoms with Crippen LogP contribution in [-0.2, 0) is 11.3 Å². The van der Waals surface area contributed by atoms with E-state index in [0.29, 0.717) is 23.3 Å². The van der Waals surface area contributed by atoms with Gasteiger partial charge in [0, 0.05) is 10.0 Å². The van der Waals surface area contributed by atoms with E-state index in [-0.39, 0.29) is 11.6 Å². The van der Waals surface area contributed by atoms with Crippen molar-refractivity contribution in [2.24, 2.45) is 0 Å². The third-order valence-electron chi connectivity index (χ3n) is 4.33. The molecule has 0 saturated heterocycles. The molecule has 3 aromatic rings. The van der Waals surface area contributed by atoms with Gasteiger partial charge in [-0.15, -0.1) is 0 Å². The normalized spacial score (nSPS) is 12.3. The molecule has 1 aromatic heterocycles. The summed E-state index contributed by atoms with van der Waals surface area (Å²) in [5, 5.41) is 2.91. The Kier molecular flexibility index (Phi) is 5.29. The highest BCUT2D eigenvalue weighted by Crippen LogP contribution is 2.26. The van der Waals surface area contributed by atoms with Crippen LogP contribution in [0.4, 0.5) is 5.69 Å². The van der Waals surface area contributed by atoms with Gasteiger partial charge < -0.3 is 20.2 Å². The fraction of sp³-hybridized carbons (Fsp3) is 0.263. The molecule has 1 heterocycles. The fourth-order valence-corrected chi connectivity index (χ4v) is 3.49. The zero-order valence-electron chi connectivity index (χ0n) is 15.0. The number of hydrogen-bond donors (Lipinski definition) is 4. The van der Waals surface area contributed by atoms with E-state index >= 15 is 0 Å². The maximum Gasteiger partial charge on any atom is 0.323 e. The fourth-order valence-electron chi connectivity index (χ4n) is 3.05. The molecule has 0 bridgehead atoms. The van der Waals surface area contributed by atoms with Gasteiger partial charge in [-0.2, -0.15) is 0 Å². The lowest BCUT2D eigenvalue weighted by Gasteiger charge is -2.16. The molecule has 0 saturated carbocycles. The number of aromatic amines is 2. The molecule has 0 radical (unpaired) electrons. The molecule has 2 aromatic carbocycles. The van der Waals surface area contributed by atoms with Gasteiger partial charge in [0.05, 0.1) is 23.8 Å². The molecule has 26 heavy (non-hydrogen) atoms. The molecular weight excluding hydrogens is 396 g/mol. The number of quaternary nitrogens is 1. The summed E-state index contributed by atoms with van der Waals surface area (Å²) in [6.07, 6.45) is 0. The number of imidazole rings is 1. The van der Waals surface area contributed by atoms with Crippen LogP contribution in [0.2, 0.25) is 0 Å². The molecule has 0 aliphatic rings. The van der Waals surface area contributed by atoms with E-state index in [9.17, 15) is 9.59 Å². The minimum Gasteiger partial charge on any atom is -0.326 e. The minimum absolute atomic E-state index is 0.0785. The van der Waals surface area contributed by atoms with Crippen molar-refractivity contribution in [3.63, 3.8) is 0 Å². The highest BCUT2D eigenvalue weighted by atomic mass is 79.9. The molecule has 4 N–H and O–H groups in total. The van der Waals surface area contributed by atoms with Crippen molar-refractivity contribution in [2.45, 2.75) is 20.4 Å². The molecule has 3 rings (SSSR count). The number of halogens is 1. The lowest BCUT2D eigenvalue weighted by molar-refractivity contribution is -0.885. The largest absolute Gasteiger partial charge is 0.326 e. The first-order chi connectivity index (χ1) is 12.3. The number of carbonyl (C=O) groups excluding carboxylic acids is 1. The van der Waals surface area contributed by atoms with Crippen molar-refractivity contribution in [2.75, 3.05) is 18.9 Å². The number of aryl methyl sites for hydroxylation is 2. The van der Waals surface area contributed by atoms with Gasteiger partial charge in [0.1, 0.15) is 6.54 Å². The van der Waals surface area contributed by atoms with E-state index in [2.05, 4.69) is 63.3 Å². The summed E-state index contributed by atoms with van der Waals surface area (Å²) in [4.78, 5) is 30.3. The third kappa shape index (κ3) is 4.23.